The van der Waals surface area contributed by atoms with E-state index < -0.39 is 0 Å². The van der Waals surface area contributed by atoms with Crippen molar-refractivity contribution in [2.24, 2.45) is 0 Å². The molecule has 0 heterocycles. The monoisotopic (exact) mass is 186 g/mol. The maximum atomic E-state index is 5.55. The molecule has 13 heavy (non-hydrogen) atoms. The molecule has 0 saturated heterocycles. The van der Waals surface area contributed by atoms with Gasteiger partial charge in [-0.3, -0.25) is 0 Å². The van der Waals surface area contributed by atoms with Crippen LogP contribution in [0.4, 0.5) is 0 Å². The average molecular weight is 186 g/mol. The van der Waals surface area contributed by atoms with Gasteiger partial charge >= 0.3 is 0 Å². The van der Waals surface area contributed by atoms with Crippen molar-refractivity contribution >= 4 is 0 Å². The summed E-state index contributed by atoms with van der Waals surface area (Å²) in [6.45, 7) is 10.1. The molecule has 0 aliphatic heterocycles. The zero-order chi connectivity index (χ0) is 10.3. The Morgan fingerprint density at radius 2 is 1.46 bits per heavy atom. The first kappa shape index (κ1) is 12.7. The Labute approximate surface area is 81.9 Å². The number of allylic oxidation sites excluding steroid dienone is 1. The van der Waals surface area contributed by atoms with E-state index in [0.29, 0.717) is 0 Å². The molecule has 0 radical (unpaired) electrons. The second-order valence-corrected chi connectivity index (χ2v) is 3.57. The van der Waals surface area contributed by atoms with E-state index in [4.69, 9.17) is 9.47 Å². The van der Waals surface area contributed by atoms with Gasteiger partial charge in [-0.05, 0) is 40.2 Å². The lowest BCUT2D eigenvalue weighted by Gasteiger charge is -2.19. The van der Waals surface area contributed by atoms with Crippen LogP contribution in [0, 0.1) is 0 Å². The zero-order valence-electron chi connectivity index (χ0n) is 9.41. The van der Waals surface area contributed by atoms with Gasteiger partial charge in [-0.15, -0.1) is 0 Å². The Morgan fingerprint density at radius 3 is 1.77 bits per heavy atom. The molecule has 0 aromatic rings. The summed E-state index contributed by atoms with van der Waals surface area (Å²) in [5, 5.41) is 0. The predicted molar refractivity (Wildman–Crippen MR) is 55.7 cm³/mol. The van der Waals surface area contributed by atoms with E-state index in [2.05, 4.69) is 13.0 Å². The second-order valence-electron chi connectivity index (χ2n) is 3.57. The van der Waals surface area contributed by atoms with Crippen LogP contribution in [0.2, 0.25) is 0 Å². The number of rotatable bonds is 6. The Morgan fingerprint density at radius 1 is 1.00 bits per heavy atom. The van der Waals surface area contributed by atoms with E-state index in [-0.39, 0.29) is 18.5 Å². The van der Waals surface area contributed by atoms with E-state index in [1.165, 1.54) is 0 Å². The van der Waals surface area contributed by atoms with Gasteiger partial charge in [-0.1, -0.05) is 13.0 Å². The first-order valence-corrected chi connectivity index (χ1v) is 5.03. The van der Waals surface area contributed by atoms with Crippen LogP contribution in [0.15, 0.2) is 12.2 Å². The van der Waals surface area contributed by atoms with Crippen LogP contribution in [0.3, 0.4) is 0 Å². The Kier molecular flexibility index (Phi) is 6.92. The SMILES string of the molecule is CC/C=C/C(OC(C)C)OC(C)C. The highest BCUT2D eigenvalue weighted by atomic mass is 16.7. The molecule has 0 rings (SSSR count). The van der Waals surface area contributed by atoms with Crippen LogP contribution in [-0.4, -0.2) is 18.5 Å². The average Bonchev–Trinajstić information content (AvgIpc) is 1.98. The molecule has 0 fully saturated rings. The van der Waals surface area contributed by atoms with Crippen LogP contribution in [0.5, 0.6) is 0 Å². The van der Waals surface area contributed by atoms with Crippen molar-refractivity contribution in [3.05, 3.63) is 12.2 Å². The van der Waals surface area contributed by atoms with Crippen LogP contribution in [0.25, 0.3) is 0 Å². The highest BCUT2D eigenvalue weighted by molar-refractivity contribution is 4.84. The first-order valence-electron chi connectivity index (χ1n) is 5.03. The Bertz CT molecular complexity index is 129. The number of hydrogen-bond acceptors (Lipinski definition) is 2. The molecule has 0 amide bonds. The van der Waals surface area contributed by atoms with Crippen LogP contribution in [-0.2, 0) is 9.47 Å². The van der Waals surface area contributed by atoms with E-state index >= 15 is 0 Å². The highest BCUT2D eigenvalue weighted by Crippen LogP contribution is 2.05. The summed E-state index contributed by atoms with van der Waals surface area (Å²) in [5.74, 6) is 0. The lowest BCUT2D eigenvalue weighted by molar-refractivity contribution is -0.152. The van der Waals surface area contributed by atoms with E-state index in [0.717, 1.165) is 6.42 Å². The summed E-state index contributed by atoms with van der Waals surface area (Å²) >= 11 is 0. The summed E-state index contributed by atoms with van der Waals surface area (Å²) in [7, 11) is 0. The van der Waals surface area contributed by atoms with E-state index in [9.17, 15) is 0 Å². The predicted octanol–water partition coefficient (Wildman–Crippen LogP) is 3.13. The zero-order valence-corrected chi connectivity index (χ0v) is 9.41. The molecule has 0 bridgehead atoms. The molecule has 0 unspecified atom stereocenters. The lowest BCUT2D eigenvalue weighted by atomic mass is 10.4. The van der Waals surface area contributed by atoms with Crippen molar-refractivity contribution in [3.8, 4) is 0 Å². The van der Waals surface area contributed by atoms with Crippen molar-refractivity contribution in [1.29, 1.82) is 0 Å². The molecule has 0 atom stereocenters. The van der Waals surface area contributed by atoms with Gasteiger partial charge in [-0.25, -0.2) is 0 Å². The van der Waals surface area contributed by atoms with E-state index in [1.54, 1.807) is 0 Å². The van der Waals surface area contributed by atoms with Gasteiger partial charge in [0.05, 0.1) is 12.2 Å². The van der Waals surface area contributed by atoms with Gasteiger partial charge in [0, 0.05) is 0 Å². The molecule has 0 aliphatic carbocycles. The van der Waals surface area contributed by atoms with Crippen molar-refractivity contribution in [1.82, 2.24) is 0 Å². The fourth-order valence-electron chi connectivity index (χ4n) is 0.906. The maximum absolute atomic E-state index is 5.55. The minimum atomic E-state index is -0.194. The number of ether oxygens (including phenoxy) is 2. The maximum Gasteiger partial charge on any atom is 0.177 e. The van der Waals surface area contributed by atoms with E-state index in [1.807, 2.05) is 33.8 Å². The van der Waals surface area contributed by atoms with Gasteiger partial charge in [0.25, 0.3) is 0 Å². The van der Waals surface area contributed by atoms with Crippen molar-refractivity contribution in [2.45, 2.75) is 59.5 Å². The molecule has 0 aliphatic rings. The molecular formula is C11H22O2. The molecule has 0 spiro atoms. The molecule has 78 valence electrons. The van der Waals surface area contributed by atoms with Gasteiger partial charge in [0.1, 0.15) is 0 Å². The molecule has 2 heteroatoms. The normalized spacial score (nSPS) is 12.6. The third kappa shape index (κ3) is 8.00. The Hall–Kier alpha value is -0.340. The minimum absolute atomic E-state index is 0.194. The smallest absolute Gasteiger partial charge is 0.177 e. The fourth-order valence-corrected chi connectivity index (χ4v) is 0.906. The standard InChI is InChI=1S/C11H22O2/c1-6-7-8-11(12-9(2)3)13-10(4)5/h7-11H,6H2,1-5H3/b8-7+. The van der Waals surface area contributed by atoms with Crippen LogP contribution < -0.4 is 0 Å². The van der Waals surface area contributed by atoms with Crippen LogP contribution in [0.1, 0.15) is 41.0 Å². The molecular weight excluding hydrogens is 164 g/mol. The molecule has 0 aromatic carbocycles. The second kappa shape index (κ2) is 7.10. The van der Waals surface area contributed by atoms with Gasteiger partial charge < -0.3 is 9.47 Å². The summed E-state index contributed by atoms with van der Waals surface area (Å²) in [6.07, 6.45) is 5.25. The minimum Gasteiger partial charge on any atom is -0.346 e. The fraction of sp³-hybridized carbons (Fsp3) is 0.818. The Balaban J connectivity index is 3.95. The third-order valence-corrected chi connectivity index (χ3v) is 1.34. The third-order valence-electron chi connectivity index (χ3n) is 1.34. The summed E-state index contributed by atoms with van der Waals surface area (Å²) in [6, 6.07) is 0. The van der Waals surface area contributed by atoms with Crippen molar-refractivity contribution < 1.29 is 9.47 Å². The van der Waals surface area contributed by atoms with Gasteiger partial charge in [0.2, 0.25) is 0 Å². The summed E-state index contributed by atoms with van der Waals surface area (Å²) in [5.41, 5.74) is 0. The topological polar surface area (TPSA) is 18.5 Å². The first-order chi connectivity index (χ1) is 6.06. The van der Waals surface area contributed by atoms with Crippen LogP contribution >= 0.6 is 0 Å². The molecule has 0 N–H and O–H groups in total. The largest absolute Gasteiger partial charge is 0.346 e. The van der Waals surface area contributed by atoms with Gasteiger partial charge in [-0.2, -0.15) is 0 Å². The van der Waals surface area contributed by atoms with Crippen molar-refractivity contribution in [3.63, 3.8) is 0 Å². The quantitative estimate of drug-likeness (QED) is 0.468. The summed E-state index contributed by atoms with van der Waals surface area (Å²) < 4.78 is 11.1. The molecule has 0 aromatic heterocycles. The highest BCUT2D eigenvalue weighted by Gasteiger charge is 2.08. The number of hydrogen-bond donors (Lipinski definition) is 0. The lowest BCUT2D eigenvalue weighted by Crippen LogP contribution is -2.22. The van der Waals surface area contributed by atoms with Crippen molar-refractivity contribution in [2.75, 3.05) is 0 Å². The van der Waals surface area contributed by atoms with Gasteiger partial charge in [0.15, 0.2) is 6.29 Å². The molecule has 0 saturated carbocycles. The summed E-state index contributed by atoms with van der Waals surface area (Å²) in [4.78, 5) is 0. The molecule has 2 nitrogen and oxygen atoms in total.